The summed E-state index contributed by atoms with van der Waals surface area (Å²) in [4.78, 5) is 16.6. The minimum absolute atomic E-state index is 0.00312. The van der Waals surface area contributed by atoms with Gasteiger partial charge in [-0.25, -0.2) is 0 Å². The lowest BCUT2D eigenvalue weighted by atomic mass is 10.1. The first-order chi connectivity index (χ1) is 14.5. The molecule has 0 saturated carbocycles. The van der Waals surface area contributed by atoms with Gasteiger partial charge in [0.05, 0.1) is 7.11 Å². The zero-order chi connectivity index (χ0) is 21.5. The van der Waals surface area contributed by atoms with Gasteiger partial charge in [-0.3, -0.25) is 4.79 Å². The molecule has 3 rings (SSSR count). The molecule has 0 aliphatic carbocycles. The molecule has 30 heavy (non-hydrogen) atoms. The lowest BCUT2D eigenvalue weighted by molar-refractivity contribution is 0.0929. The summed E-state index contributed by atoms with van der Waals surface area (Å²) < 4.78 is 7.48. The van der Waals surface area contributed by atoms with E-state index in [0.29, 0.717) is 6.54 Å². The van der Waals surface area contributed by atoms with E-state index in [4.69, 9.17) is 4.74 Å². The van der Waals surface area contributed by atoms with Crippen molar-refractivity contribution in [1.82, 2.24) is 14.8 Å². The Labute approximate surface area is 183 Å². The van der Waals surface area contributed by atoms with Gasteiger partial charge >= 0.3 is 0 Å². The topological polar surface area (TPSA) is 46.5 Å². The molecule has 5 nitrogen and oxygen atoms in total. The number of carbonyl (C=O) groups is 1. The first kappa shape index (κ1) is 22.4. The fourth-order valence-electron chi connectivity index (χ4n) is 3.80. The van der Waals surface area contributed by atoms with Gasteiger partial charge in [-0.15, -0.1) is 11.3 Å². The van der Waals surface area contributed by atoms with Crippen molar-refractivity contribution in [2.24, 2.45) is 0 Å². The summed E-state index contributed by atoms with van der Waals surface area (Å²) in [5, 5.41) is 6.39. The standard InChI is InChI=1S/C24H33N3O2S/c1-5-26(6-2)13-8-9-18(3)25-23(28)22-16-20-12-14-30-24(20)27(22)17-19-10-7-11-21(15-19)29-4/h7,10-12,14-16,18H,5-6,8-9,13,17H2,1-4H3,(H,25,28). The van der Waals surface area contributed by atoms with E-state index in [2.05, 4.69) is 53.1 Å². The maximum Gasteiger partial charge on any atom is 0.268 e. The number of nitrogens with zero attached hydrogens (tertiary/aromatic N) is 2. The van der Waals surface area contributed by atoms with Gasteiger partial charge in [0.2, 0.25) is 0 Å². The summed E-state index contributed by atoms with van der Waals surface area (Å²) in [6.07, 6.45) is 2.07. The van der Waals surface area contributed by atoms with E-state index < -0.39 is 0 Å². The third-order valence-corrected chi connectivity index (χ3v) is 6.54. The molecule has 0 bridgehead atoms. The molecule has 2 aromatic heterocycles. The van der Waals surface area contributed by atoms with E-state index in [0.717, 1.165) is 59.7 Å². The normalized spacial score (nSPS) is 12.4. The number of carbonyl (C=O) groups excluding carboxylic acids is 1. The van der Waals surface area contributed by atoms with Crippen LogP contribution in [0.15, 0.2) is 41.8 Å². The Morgan fingerprint density at radius 2 is 2.03 bits per heavy atom. The molecule has 0 saturated heterocycles. The van der Waals surface area contributed by atoms with Crippen LogP contribution in [-0.4, -0.2) is 48.2 Å². The molecule has 0 spiro atoms. The van der Waals surface area contributed by atoms with Crippen LogP contribution in [0.25, 0.3) is 10.2 Å². The molecule has 2 heterocycles. The van der Waals surface area contributed by atoms with Crippen LogP contribution in [0, 0.1) is 0 Å². The van der Waals surface area contributed by atoms with E-state index in [1.807, 2.05) is 24.3 Å². The van der Waals surface area contributed by atoms with E-state index in [1.165, 1.54) is 0 Å². The fourth-order valence-corrected chi connectivity index (χ4v) is 4.70. The Morgan fingerprint density at radius 3 is 2.77 bits per heavy atom. The van der Waals surface area contributed by atoms with Crippen molar-refractivity contribution in [3.8, 4) is 5.75 Å². The van der Waals surface area contributed by atoms with Crippen LogP contribution in [-0.2, 0) is 6.54 Å². The second-order valence-corrected chi connectivity index (χ2v) is 8.59. The molecule has 6 heteroatoms. The van der Waals surface area contributed by atoms with Crippen LogP contribution in [0.3, 0.4) is 0 Å². The maximum absolute atomic E-state index is 13.1. The van der Waals surface area contributed by atoms with Crippen molar-refractivity contribution in [3.63, 3.8) is 0 Å². The van der Waals surface area contributed by atoms with Gasteiger partial charge in [0.1, 0.15) is 16.3 Å². The van der Waals surface area contributed by atoms with Crippen molar-refractivity contribution in [2.45, 2.75) is 46.2 Å². The zero-order valence-electron chi connectivity index (χ0n) is 18.5. The van der Waals surface area contributed by atoms with Gasteiger partial charge in [-0.2, -0.15) is 0 Å². The van der Waals surface area contributed by atoms with E-state index in [9.17, 15) is 4.79 Å². The summed E-state index contributed by atoms with van der Waals surface area (Å²) in [6.45, 7) is 10.3. The van der Waals surface area contributed by atoms with E-state index in [1.54, 1.807) is 18.4 Å². The summed E-state index contributed by atoms with van der Waals surface area (Å²) in [5.41, 5.74) is 1.83. The number of thiophene rings is 1. The van der Waals surface area contributed by atoms with Gasteiger partial charge < -0.3 is 19.5 Å². The average Bonchev–Trinajstić information content (AvgIpc) is 3.34. The summed E-state index contributed by atoms with van der Waals surface area (Å²) in [5.74, 6) is 0.826. The smallest absolute Gasteiger partial charge is 0.268 e. The van der Waals surface area contributed by atoms with Crippen LogP contribution >= 0.6 is 11.3 Å². The molecule has 3 aromatic rings. The van der Waals surface area contributed by atoms with E-state index in [-0.39, 0.29) is 11.9 Å². The van der Waals surface area contributed by atoms with Crippen molar-refractivity contribution < 1.29 is 9.53 Å². The number of hydrogen-bond acceptors (Lipinski definition) is 4. The molecule has 0 aliphatic rings. The third-order valence-electron chi connectivity index (χ3n) is 5.59. The number of fused-ring (bicyclic) bond motifs is 1. The Morgan fingerprint density at radius 1 is 1.23 bits per heavy atom. The second kappa shape index (κ2) is 10.6. The molecular formula is C24H33N3O2S. The van der Waals surface area contributed by atoms with Crippen LogP contribution in [0.5, 0.6) is 5.75 Å². The number of methoxy groups -OCH3 is 1. The van der Waals surface area contributed by atoms with Gasteiger partial charge in [0, 0.05) is 18.0 Å². The molecule has 1 aromatic carbocycles. The highest BCUT2D eigenvalue weighted by molar-refractivity contribution is 7.16. The van der Waals surface area contributed by atoms with Crippen molar-refractivity contribution >= 4 is 27.5 Å². The third kappa shape index (κ3) is 5.43. The largest absolute Gasteiger partial charge is 0.497 e. The molecule has 0 aliphatic heterocycles. The molecule has 0 fully saturated rings. The number of hydrogen-bond donors (Lipinski definition) is 1. The predicted molar refractivity (Wildman–Crippen MR) is 126 cm³/mol. The highest BCUT2D eigenvalue weighted by atomic mass is 32.1. The Balaban J connectivity index is 1.71. The van der Waals surface area contributed by atoms with Gasteiger partial charge in [0.25, 0.3) is 5.91 Å². The number of ether oxygens (including phenoxy) is 1. The minimum atomic E-state index is -0.00312. The molecule has 1 amide bonds. The highest BCUT2D eigenvalue weighted by Gasteiger charge is 2.18. The quantitative estimate of drug-likeness (QED) is 0.468. The van der Waals surface area contributed by atoms with E-state index >= 15 is 0 Å². The first-order valence-electron chi connectivity index (χ1n) is 10.8. The molecule has 162 valence electrons. The molecule has 0 radical (unpaired) electrons. The van der Waals surface area contributed by atoms with Gasteiger partial charge in [-0.1, -0.05) is 26.0 Å². The molecule has 1 unspecified atom stereocenters. The maximum atomic E-state index is 13.1. The Kier molecular flexibility index (Phi) is 7.94. The van der Waals surface area contributed by atoms with Gasteiger partial charge in [-0.05, 0) is 74.6 Å². The van der Waals surface area contributed by atoms with Crippen LogP contribution in [0.4, 0.5) is 0 Å². The number of rotatable bonds is 11. The SMILES string of the molecule is CCN(CC)CCCC(C)NC(=O)c1cc2ccsc2n1Cc1cccc(OC)c1. The predicted octanol–water partition coefficient (Wildman–Crippen LogP) is 5.00. The highest BCUT2D eigenvalue weighted by Crippen LogP contribution is 2.27. The zero-order valence-corrected chi connectivity index (χ0v) is 19.3. The number of aromatic nitrogens is 1. The minimum Gasteiger partial charge on any atom is -0.497 e. The van der Waals surface area contributed by atoms with Gasteiger partial charge in [0.15, 0.2) is 0 Å². The Hall–Kier alpha value is -2.31. The summed E-state index contributed by atoms with van der Waals surface area (Å²) >= 11 is 1.67. The Bertz CT molecular complexity index is 958. The van der Waals surface area contributed by atoms with Crippen LogP contribution in [0.1, 0.15) is 49.7 Å². The fraction of sp³-hybridized carbons (Fsp3) is 0.458. The molecule has 1 atom stereocenters. The summed E-state index contributed by atoms with van der Waals surface area (Å²) in [6, 6.07) is 12.2. The number of benzene rings is 1. The average molecular weight is 428 g/mol. The molecule has 1 N–H and O–H groups in total. The monoisotopic (exact) mass is 427 g/mol. The first-order valence-corrected chi connectivity index (χ1v) is 11.7. The number of amides is 1. The van der Waals surface area contributed by atoms with Crippen molar-refractivity contribution in [1.29, 1.82) is 0 Å². The summed E-state index contributed by atoms with van der Waals surface area (Å²) in [7, 11) is 1.67. The van der Waals surface area contributed by atoms with Crippen molar-refractivity contribution in [3.05, 3.63) is 53.0 Å². The van der Waals surface area contributed by atoms with Crippen LogP contribution < -0.4 is 10.1 Å². The molecular weight excluding hydrogens is 394 g/mol. The lowest BCUT2D eigenvalue weighted by Gasteiger charge is -2.20. The van der Waals surface area contributed by atoms with Crippen molar-refractivity contribution in [2.75, 3.05) is 26.7 Å². The number of nitrogens with one attached hydrogen (secondary N) is 1. The lowest BCUT2D eigenvalue weighted by Crippen LogP contribution is -2.34. The van der Waals surface area contributed by atoms with Crippen LogP contribution in [0.2, 0.25) is 0 Å². The second-order valence-electron chi connectivity index (χ2n) is 7.69.